The van der Waals surface area contributed by atoms with Crippen LogP contribution in [-0.2, 0) is 21.5 Å². The molecule has 0 bridgehead atoms. The largest absolute Gasteiger partial charge is 0.447 e. The predicted octanol–water partition coefficient (Wildman–Crippen LogP) is 4.05. The van der Waals surface area contributed by atoms with E-state index in [1.807, 2.05) is 30.3 Å². The molecule has 1 aliphatic rings. The molecule has 7 nitrogen and oxygen atoms in total. The van der Waals surface area contributed by atoms with E-state index in [2.05, 4.69) is 38.0 Å². The van der Waals surface area contributed by atoms with Crippen LogP contribution in [0.3, 0.4) is 0 Å². The third-order valence-corrected chi connectivity index (χ3v) is 4.55. The zero-order valence-corrected chi connectivity index (χ0v) is 17.2. The molecule has 2 heterocycles. The van der Waals surface area contributed by atoms with Crippen LogP contribution in [0.5, 0.6) is 0 Å². The summed E-state index contributed by atoms with van der Waals surface area (Å²) in [6, 6.07) is 9.82. The molecular formula is C21H28N4O3. The van der Waals surface area contributed by atoms with Crippen molar-refractivity contribution in [3.8, 4) is 0 Å². The molecule has 1 aromatic heterocycles. The van der Waals surface area contributed by atoms with Gasteiger partial charge < -0.3 is 14.8 Å². The molecule has 1 unspecified atom stereocenters. The van der Waals surface area contributed by atoms with E-state index < -0.39 is 0 Å². The minimum Gasteiger partial charge on any atom is -0.447 e. The first-order valence-corrected chi connectivity index (χ1v) is 9.46. The molecule has 7 heteroatoms. The van der Waals surface area contributed by atoms with Crippen molar-refractivity contribution in [2.45, 2.75) is 45.8 Å². The summed E-state index contributed by atoms with van der Waals surface area (Å²) in [4.78, 5) is 22.8. The van der Waals surface area contributed by atoms with E-state index >= 15 is 0 Å². The van der Waals surface area contributed by atoms with Crippen LogP contribution in [0.1, 0.15) is 50.8 Å². The second-order valence-electron chi connectivity index (χ2n) is 7.98. The average molecular weight is 384 g/mol. The highest BCUT2D eigenvalue weighted by Gasteiger charge is 2.24. The van der Waals surface area contributed by atoms with Crippen molar-refractivity contribution in [2.75, 3.05) is 30.5 Å². The Kier molecular flexibility index (Phi) is 5.84. The van der Waals surface area contributed by atoms with Crippen molar-refractivity contribution in [2.24, 2.45) is 0 Å². The number of carbonyl (C=O) groups is 1. The molecule has 28 heavy (non-hydrogen) atoms. The van der Waals surface area contributed by atoms with Crippen molar-refractivity contribution < 1.29 is 14.3 Å². The number of rotatable bonds is 6. The quantitative estimate of drug-likeness (QED) is 0.810. The van der Waals surface area contributed by atoms with E-state index in [1.165, 1.54) is 0 Å². The highest BCUT2D eigenvalue weighted by atomic mass is 16.6. The van der Waals surface area contributed by atoms with Crippen LogP contribution in [0.25, 0.3) is 0 Å². The van der Waals surface area contributed by atoms with Crippen molar-refractivity contribution in [1.82, 2.24) is 9.97 Å². The monoisotopic (exact) mass is 384 g/mol. The summed E-state index contributed by atoms with van der Waals surface area (Å²) in [6.07, 6.45) is -0.299. The number of nitrogens with one attached hydrogen (secondary N) is 1. The molecular weight excluding hydrogens is 356 g/mol. The van der Waals surface area contributed by atoms with Gasteiger partial charge >= 0.3 is 6.09 Å². The highest BCUT2D eigenvalue weighted by Crippen LogP contribution is 2.26. The maximum atomic E-state index is 11.8. The summed E-state index contributed by atoms with van der Waals surface area (Å²) >= 11 is 0. The molecule has 150 valence electrons. The maximum absolute atomic E-state index is 11.8. The minimum absolute atomic E-state index is 0.00307. The van der Waals surface area contributed by atoms with Crippen molar-refractivity contribution in [3.05, 3.63) is 47.4 Å². The number of aromatic nitrogens is 2. The lowest BCUT2D eigenvalue weighted by Gasteiger charge is -2.21. The molecule has 1 saturated heterocycles. The second-order valence-corrected chi connectivity index (χ2v) is 7.98. The number of ether oxygens (including phenoxy) is 2. The van der Waals surface area contributed by atoms with E-state index in [1.54, 1.807) is 12.0 Å². The van der Waals surface area contributed by atoms with Crippen LogP contribution < -0.4 is 10.2 Å². The van der Waals surface area contributed by atoms with Gasteiger partial charge in [-0.05, 0) is 24.6 Å². The Balaban J connectivity index is 1.83. The SMILES string of the molecule is COCc1cc(NC(C)c2cccc(N3CCOC3=O)c2)nc(C(C)(C)C)n1. The summed E-state index contributed by atoms with van der Waals surface area (Å²) in [5, 5.41) is 3.46. The second kappa shape index (κ2) is 8.14. The van der Waals surface area contributed by atoms with E-state index in [0.29, 0.717) is 19.8 Å². The Bertz CT molecular complexity index is 848. The molecule has 1 fully saturated rings. The van der Waals surface area contributed by atoms with E-state index in [4.69, 9.17) is 14.5 Å². The third kappa shape index (κ3) is 4.59. The topological polar surface area (TPSA) is 76.6 Å². The van der Waals surface area contributed by atoms with E-state index in [-0.39, 0.29) is 17.6 Å². The molecule has 0 radical (unpaired) electrons. The fraction of sp³-hybridized carbons (Fsp3) is 0.476. The molecule has 2 aromatic rings. The number of anilines is 2. The average Bonchev–Trinajstić information content (AvgIpc) is 3.07. The number of carbonyl (C=O) groups excluding carboxylic acids is 1. The number of nitrogens with zero attached hydrogens (tertiary/aromatic N) is 3. The highest BCUT2D eigenvalue weighted by molar-refractivity contribution is 5.89. The van der Waals surface area contributed by atoms with Crippen molar-refractivity contribution >= 4 is 17.6 Å². The van der Waals surface area contributed by atoms with Gasteiger partial charge in [-0.15, -0.1) is 0 Å². The Morgan fingerprint density at radius 2 is 2.07 bits per heavy atom. The van der Waals surface area contributed by atoms with Crippen molar-refractivity contribution in [3.63, 3.8) is 0 Å². The maximum Gasteiger partial charge on any atom is 0.414 e. The van der Waals surface area contributed by atoms with Crippen LogP contribution in [0.15, 0.2) is 30.3 Å². The molecule has 0 aliphatic carbocycles. The normalized spacial score (nSPS) is 15.5. The number of hydrogen-bond donors (Lipinski definition) is 1. The summed E-state index contributed by atoms with van der Waals surface area (Å²) in [7, 11) is 1.66. The van der Waals surface area contributed by atoms with Gasteiger partial charge in [-0.25, -0.2) is 14.8 Å². The van der Waals surface area contributed by atoms with Gasteiger partial charge in [-0.1, -0.05) is 32.9 Å². The van der Waals surface area contributed by atoms with Crippen LogP contribution in [-0.4, -0.2) is 36.3 Å². The summed E-state index contributed by atoms with van der Waals surface area (Å²) in [5.74, 6) is 1.52. The zero-order chi connectivity index (χ0) is 20.3. The van der Waals surface area contributed by atoms with Gasteiger partial charge in [0.25, 0.3) is 0 Å². The standard InChI is InChI=1S/C21H28N4O3/c1-14(15-7-6-8-17(11-15)25-9-10-28-20(25)26)22-18-12-16(13-27-5)23-19(24-18)21(2,3)4/h6-8,11-12,14H,9-10,13H2,1-5H3,(H,22,23,24). The first-order chi connectivity index (χ1) is 13.3. The van der Waals surface area contributed by atoms with Gasteiger partial charge in [-0.2, -0.15) is 0 Å². The molecule has 3 rings (SSSR count). The number of methoxy groups -OCH3 is 1. The first kappa shape index (κ1) is 20.1. The van der Waals surface area contributed by atoms with Gasteiger partial charge in [0.15, 0.2) is 0 Å². The molecule has 0 spiro atoms. The fourth-order valence-corrected chi connectivity index (χ4v) is 3.02. The zero-order valence-electron chi connectivity index (χ0n) is 17.2. The molecule has 1 N–H and O–H groups in total. The van der Waals surface area contributed by atoms with E-state index in [0.717, 1.165) is 28.6 Å². The van der Waals surface area contributed by atoms with E-state index in [9.17, 15) is 4.79 Å². The number of hydrogen-bond acceptors (Lipinski definition) is 6. The lowest BCUT2D eigenvalue weighted by atomic mass is 9.95. The van der Waals surface area contributed by atoms with Gasteiger partial charge in [0, 0.05) is 24.3 Å². The van der Waals surface area contributed by atoms with Crippen molar-refractivity contribution in [1.29, 1.82) is 0 Å². The van der Waals surface area contributed by atoms with Crippen LogP contribution >= 0.6 is 0 Å². The summed E-state index contributed by atoms with van der Waals surface area (Å²) < 4.78 is 10.3. The van der Waals surface area contributed by atoms with Gasteiger partial charge in [-0.3, -0.25) is 4.90 Å². The Morgan fingerprint density at radius 1 is 1.29 bits per heavy atom. The first-order valence-electron chi connectivity index (χ1n) is 9.46. The van der Waals surface area contributed by atoms with Crippen LogP contribution in [0, 0.1) is 0 Å². The lowest BCUT2D eigenvalue weighted by Crippen LogP contribution is -2.23. The lowest BCUT2D eigenvalue weighted by molar-refractivity contribution is 0.181. The van der Waals surface area contributed by atoms with Crippen LogP contribution in [0.4, 0.5) is 16.3 Å². The molecule has 1 aliphatic heterocycles. The molecule has 0 saturated carbocycles. The summed E-state index contributed by atoms with van der Waals surface area (Å²) in [5.41, 5.74) is 2.57. The Morgan fingerprint density at radius 3 is 2.71 bits per heavy atom. The van der Waals surface area contributed by atoms with Gasteiger partial charge in [0.1, 0.15) is 18.2 Å². The Labute approximate surface area is 166 Å². The predicted molar refractivity (Wildman–Crippen MR) is 109 cm³/mol. The molecule has 1 amide bonds. The minimum atomic E-state index is -0.299. The Hall–Kier alpha value is -2.67. The molecule has 1 atom stereocenters. The summed E-state index contributed by atoms with van der Waals surface area (Å²) in [6.45, 7) is 9.76. The molecule has 1 aromatic carbocycles. The smallest absolute Gasteiger partial charge is 0.414 e. The van der Waals surface area contributed by atoms with Gasteiger partial charge in [0.2, 0.25) is 0 Å². The number of amides is 1. The number of benzene rings is 1. The fourth-order valence-electron chi connectivity index (χ4n) is 3.02. The third-order valence-electron chi connectivity index (χ3n) is 4.55. The van der Waals surface area contributed by atoms with Crippen LogP contribution in [0.2, 0.25) is 0 Å². The number of cyclic esters (lactones) is 1. The van der Waals surface area contributed by atoms with Gasteiger partial charge in [0.05, 0.1) is 24.9 Å².